The van der Waals surface area contributed by atoms with Crippen molar-refractivity contribution < 1.29 is 67.1 Å². The maximum Gasteiger partial charge on any atom is 0.469 e. The Kier molecular flexibility index (Phi) is 20.2. The van der Waals surface area contributed by atoms with E-state index in [0.29, 0.717) is 17.6 Å². The number of phosphoric ester groups is 1. The van der Waals surface area contributed by atoms with E-state index in [2.05, 4.69) is 46.4 Å². The van der Waals surface area contributed by atoms with E-state index < -0.39 is 110 Å². The number of amides is 8. The molecule has 2 aromatic heterocycles. The molecule has 8 amide bonds. The molecule has 6 atom stereocenters. The van der Waals surface area contributed by atoms with Gasteiger partial charge in [-0.1, -0.05) is 32.0 Å². The molecule has 68 heavy (non-hydrogen) atoms. The molecule has 1 aromatic carbocycles. The zero-order chi connectivity index (χ0) is 50.3. The van der Waals surface area contributed by atoms with Gasteiger partial charge in [-0.3, -0.25) is 52.2 Å². The van der Waals surface area contributed by atoms with Crippen molar-refractivity contribution in [1.29, 1.82) is 0 Å². The fraction of sp³-hybridized carbons (Fsp3) is 0.512. The minimum absolute atomic E-state index is 0.0424. The number of thioether (sulfide) groups is 1. The van der Waals surface area contributed by atoms with Crippen molar-refractivity contribution in [1.82, 2.24) is 51.3 Å². The van der Waals surface area contributed by atoms with Gasteiger partial charge in [-0.25, -0.2) is 9.55 Å². The number of imidazole rings is 1. The van der Waals surface area contributed by atoms with E-state index in [1.165, 1.54) is 24.0 Å². The zero-order valence-corrected chi connectivity index (χ0v) is 39.5. The Hall–Kier alpha value is -6.18. The van der Waals surface area contributed by atoms with Crippen molar-refractivity contribution in [3.63, 3.8) is 0 Å². The second-order valence-corrected chi connectivity index (χ2v) is 18.5. The number of phosphoric acid groups is 1. The first-order valence-electron chi connectivity index (χ1n) is 21.4. The third kappa shape index (κ3) is 16.6. The number of primary amides is 1. The highest BCUT2D eigenvalue weighted by atomic mass is 32.2. The number of aliphatic hydroxyl groups is 1. The highest BCUT2D eigenvalue weighted by Crippen LogP contribution is 2.38. The number of nitrogens with two attached hydrogens (primary N) is 1. The molecule has 0 bridgehead atoms. The Bertz CT molecular complexity index is 2360. The van der Waals surface area contributed by atoms with Crippen molar-refractivity contribution >= 4 is 83.7 Å². The number of nitrogens with zero attached hydrogens (tertiary/aromatic N) is 3. The number of hydrogen-bond donors (Lipinski definition) is 11. The molecule has 12 N–H and O–H groups in total. The summed E-state index contributed by atoms with van der Waals surface area (Å²) in [7, 11) is -5.32. The maximum atomic E-state index is 14.0. The van der Waals surface area contributed by atoms with Gasteiger partial charge in [-0.05, 0) is 37.3 Å². The fourth-order valence-electron chi connectivity index (χ4n) is 7.08. The van der Waals surface area contributed by atoms with Gasteiger partial charge in [0.2, 0.25) is 53.2 Å². The van der Waals surface area contributed by atoms with E-state index in [9.17, 15) is 62.6 Å². The predicted octanol–water partition coefficient (Wildman–Crippen LogP) is -2.66. The summed E-state index contributed by atoms with van der Waals surface area (Å²) in [5.41, 5.74) is 7.43. The first kappa shape index (κ1) is 54.4. The smallest absolute Gasteiger partial charge is 0.394 e. The number of para-hydroxylation sites is 1. The summed E-state index contributed by atoms with van der Waals surface area (Å²) in [4.78, 5) is 147. The van der Waals surface area contributed by atoms with Gasteiger partial charge >= 0.3 is 7.82 Å². The van der Waals surface area contributed by atoms with Crippen LogP contribution in [-0.2, 0) is 60.3 Å². The molecule has 0 unspecified atom stereocenters. The fourth-order valence-corrected chi connectivity index (χ4v) is 8.60. The Balaban J connectivity index is 1.62. The van der Waals surface area contributed by atoms with Gasteiger partial charge in [0.15, 0.2) is 0 Å². The van der Waals surface area contributed by atoms with Crippen LogP contribution in [0.5, 0.6) is 0 Å². The molecule has 3 aromatic rings. The topological polar surface area (TPSA) is 376 Å². The van der Waals surface area contributed by atoms with Crippen LogP contribution in [0.25, 0.3) is 10.9 Å². The predicted molar refractivity (Wildman–Crippen MR) is 244 cm³/mol. The van der Waals surface area contributed by atoms with Crippen LogP contribution < -0.4 is 37.6 Å². The van der Waals surface area contributed by atoms with Crippen molar-refractivity contribution in [3.05, 3.63) is 54.2 Å². The molecule has 4 rings (SSSR count). The normalized spacial score (nSPS) is 21.5. The molecular weight excluding hydrogens is 934 g/mol. The highest BCUT2D eigenvalue weighted by Gasteiger charge is 2.37. The van der Waals surface area contributed by atoms with E-state index in [1.807, 2.05) is 12.1 Å². The molecule has 0 radical (unpaired) electrons. The lowest BCUT2D eigenvalue weighted by atomic mass is 10.0. The monoisotopic (exact) mass is 991 g/mol. The number of nitrogens with one attached hydrogen (secondary N) is 7. The third-order valence-electron chi connectivity index (χ3n) is 10.5. The number of H-pyrrole nitrogens is 1. The molecule has 0 spiro atoms. The number of aromatic nitrogens is 3. The molecule has 1 aliphatic rings. The molecule has 1 saturated heterocycles. The summed E-state index contributed by atoms with van der Waals surface area (Å²) in [5.74, 6) is -8.75. The number of carbonyl (C=O) groups excluding carboxylic acids is 9. The molecule has 3 heterocycles. The average molecular weight is 992 g/mol. The molecule has 27 heteroatoms. The molecular formula is C41H58N11O14PS. The van der Waals surface area contributed by atoms with Gasteiger partial charge in [0.05, 0.1) is 36.9 Å². The van der Waals surface area contributed by atoms with Crippen molar-refractivity contribution in [2.24, 2.45) is 11.7 Å². The number of aliphatic hydroxyl groups excluding tert-OH is 1. The SMILES string of the molecule is CC(=O)n1cc(CCNC(=O)CCN2CC(=O)N[C@@H](CC(C)C)C(=O)N[C@@H](Cc3cnc[nH]3)C(=O)N[C@@H](CO)C(=O)N[C@@H]([C@@H](C)OP(=O)(O)O)C(=O)N[C@@H](C(N)=O)CSCC2=O)c2ccccc21. The quantitative estimate of drug-likeness (QED) is 0.0692. The Morgan fingerprint density at radius 3 is 2.26 bits per heavy atom. The zero-order valence-electron chi connectivity index (χ0n) is 37.8. The van der Waals surface area contributed by atoms with Gasteiger partial charge in [0, 0.05) is 62.1 Å². The third-order valence-corrected chi connectivity index (χ3v) is 12.1. The minimum Gasteiger partial charge on any atom is -0.394 e. The number of benzene rings is 1. The van der Waals surface area contributed by atoms with Crippen LogP contribution in [0, 0.1) is 5.92 Å². The molecule has 0 saturated carbocycles. The van der Waals surface area contributed by atoms with E-state index in [-0.39, 0.29) is 49.9 Å². The number of hydrogen-bond acceptors (Lipinski definition) is 14. The van der Waals surface area contributed by atoms with Crippen molar-refractivity contribution in [2.75, 3.05) is 37.7 Å². The van der Waals surface area contributed by atoms with Gasteiger partial charge < -0.3 is 62.4 Å². The summed E-state index contributed by atoms with van der Waals surface area (Å²) < 4.78 is 18.0. The number of rotatable bonds is 15. The van der Waals surface area contributed by atoms with Gasteiger partial charge in [-0.15, -0.1) is 11.8 Å². The van der Waals surface area contributed by atoms with Crippen LogP contribution in [0.2, 0.25) is 0 Å². The summed E-state index contributed by atoms with van der Waals surface area (Å²) in [5, 5.41) is 25.7. The van der Waals surface area contributed by atoms with Crippen molar-refractivity contribution in [3.8, 4) is 0 Å². The lowest BCUT2D eigenvalue weighted by Crippen LogP contribution is -2.62. The average Bonchev–Trinajstić information content (AvgIpc) is 3.92. The number of fused-ring (bicyclic) bond motifs is 1. The number of carbonyl (C=O) groups is 9. The molecule has 25 nitrogen and oxygen atoms in total. The second-order valence-electron chi connectivity index (χ2n) is 16.3. The Morgan fingerprint density at radius 2 is 1.63 bits per heavy atom. The second kappa shape index (κ2) is 25.3. The van der Waals surface area contributed by atoms with Crippen LogP contribution >= 0.6 is 19.6 Å². The lowest BCUT2D eigenvalue weighted by Gasteiger charge is -2.28. The first-order valence-corrected chi connectivity index (χ1v) is 24.1. The van der Waals surface area contributed by atoms with Gasteiger partial charge in [-0.2, -0.15) is 0 Å². The van der Waals surface area contributed by atoms with E-state index in [0.717, 1.165) is 34.5 Å². The largest absolute Gasteiger partial charge is 0.469 e. The van der Waals surface area contributed by atoms with Crippen LogP contribution in [0.4, 0.5) is 0 Å². The molecule has 1 aliphatic heterocycles. The van der Waals surface area contributed by atoms with Crippen LogP contribution in [0.15, 0.2) is 43.0 Å². The number of aromatic amines is 1. The Labute approximate surface area is 394 Å². The Morgan fingerprint density at radius 1 is 0.956 bits per heavy atom. The van der Waals surface area contributed by atoms with Gasteiger partial charge in [0.25, 0.3) is 0 Å². The molecule has 372 valence electrons. The highest BCUT2D eigenvalue weighted by molar-refractivity contribution is 8.00. The van der Waals surface area contributed by atoms with Crippen LogP contribution in [0.1, 0.15) is 56.6 Å². The summed E-state index contributed by atoms with van der Waals surface area (Å²) in [6, 6.07) is -0.918. The van der Waals surface area contributed by atoms with Crippen molar-refractivity contribution in [2.45, 2.75) is 89.7 Å². The minimum atomic E-state index is -5.32. The summed E-state index contributed by atoms with van der Waals surface area (Å²) in [6.07, 6.45) is 2.41. The standard InChI is InChI=1S/C41H58N11O14PS/c1-22(2)13-28-38(59)47-29(14-26-15-43-21-45-26)39(60)48-30(18-53)40(61)50-36(23(3)66-67(63,64)65)41(62)49-31(37(42)58)19-68-20-35(57)51(17-34(56)46-28)12-10-33(55)44-11-9-25-16-52(24(4)54)32-8-6-5-7-27(25)32/h5-8,15-16,21-23,28-31,36,53H,9-14,17-20H2,1-4H3,(H2,42,58)(H,43,45)(H,44,55)(H,46,56)(H,47,59)(H,48,60)(H,49,62)(H,50,61)(H2,63,64,65)/t23-,28+,29+,30+,31-,36+/m1/s1. The van der Waals surface area contributed by atoms with Crippen LogP contribution in [0.3, 0.4) is 0 Å². The maximum absolute atomic E-state index is 14.0. The van der Waals surface area contributed by atoms with E-state index in [4.69, 9.17) is 5.73 Å². The lowest BCUT2D eigenvalue weighted by molar-refractivity contribution is -0.137. The summed E-state index contributed by atoms with van der Waals surface area (Å²) >= 11 is 0.783. The van der Waals surface area contributed by atoms with E-state index in [1.54, 1.807) is 32.2 Å². The van der Waals surface area contributed by atoms with Gasteiger partial charge in [0.1, 0.15) is 30.2 Å². The van der Waals surface area contributed by atoms with Crippen LogP contribution in [-0.4, -0.2) is 162 Å². The summed E-state index contributed by atoms with van der Waals surface area (Å²) in [6.45, 7) is 4.10. The van der Waals surface area contributed by atoms with E-state index >= 15 is 0 Å². The molecule has 1 fully saturated rings. The first-order chi connectivity index (χ1) is 32.1. The molecule has 0 aliphatic carbocycles.